The number of hydrogen-bond acceptors (Lipinski definition) is 4. The number of fused-ring (bicyclic) bond motifs is 3. The van der Waals surface area contributed by atoms with Crippen LogP contribution in [0.4, 0.5) is 0 Å². The van der Waals surface area contributed by atoms with Crippen molar-refractivity contribution in [3.63, 3.8) is 0 Å². The summed E-state index contributed by atoms with van der Waals surface area (Å²) in [6.45, 7) is 0. The average molecular weight is 232 g/mol. The molecule has 4 heteroatoms. The summed E-state index contributed by atoms with van der Waals surface area (Å²) in [7, 11) is 0. The van der Waals surface area contributed by atoms with E-state index in [4.69, 9.17) is 0 Å². The second-order valence-corrected chi connectivity index (χ2v) is 5.21. The molecule has 2 heterocycles. The minimum absolute atomic E-state index is 1.06. The highest BCUT2D eigenvalue weighted by molar-refractivity contribution is 8.00. The van der Waals surface area contributed by atoms with E-state index in [1.54, 1.807) is 23.1 Å². The lowest BCUT2D eigenvalue weighted by Crippen LogP contribution is -1.78. The lowest BCUT2D eigenvalue weighted by molar-refractivity contribution is 1.22. The molecule has 0 saturated carbocycles. The van der Waals surface area contributed by atoms with Crippen LogP contribution in [-0.2, 0) is 0 Å². The van der Waals surface area contributed by atoms with Crippen LogP contribution < -0.4 is 0 Å². The summed E-state index contributed by atoms with van der Waals surface area (Å²) in [5.74, 6) is 0. The van der Waals surface area contributed by atoms with Crippen molar-refractivity contribution in [2.24, 2.45) is 0 Å². The van der Waals surface area contributed by atoms with Gasteiger partial charge in [0.1, 0.15) is 5.01 Å². The number of nitrogens with zero attached hydrogens (tertiary/aromatic N) is 2. The molecule has 0 radical (unpaired) electrons. The van der Waals surface area contributed by atoms with Crippen LogP contribution in [-0.4, -0.2) is 16.2 Å². The van der Waals surface area contributed by atoms with E-state index < -0.39 is 0 Å². The Kier molecular flexibility index (Phi) is 2.11. The molecule has 0 N–H and O–H groups in total. The standard InChI is InChI=1S/C11H8N2S2/c1-14-11-12-6-8-7-4-2-3-5-9(7)13-10(8)15-11/h2-6H,1H3. The summed E-state index contributed by atoms with van der Waals surface area (Å²) in [6, 6.07) is 8.19. The Balaban J connectivity index is 2.38. The fraction of sp³-hybridized carbons (Fsp3) is 0.0909. The van der Waals surface area contributed by atoms with E-state index in [0.29, 0.717) is 0 Å². The van der Waals surface area contributed by atoms with Crippen LogP contribution in [0.3, 0.4) is 0 Å². The maximum atomic E-state index is 4.59. The minimum Gasteiger partial charge on any atom is -0.238 e. The molecule has 0 saturated heterocycles. The fourth-order valence-electron chi connectivity index (χ4n) is 1.61. The fourth-order valence-corrected chi connectivity index (χ4v) is 3.02. The van der Waals surface area contributed by atoms with Gasteiger partial charge < -0.3 is 0 Å². The van der Waals surface area contributed by atoms with Crippen LogP contribution in [0.5, 0.6) is 0 Å². The van der Waals surface area contributed by atoms with E-state index in [0.717, 1.165) is 20.4 Å². The van der Waals surface area contributed by atoms with Gasteiger partial charge in [0.15, 0.2) is 4.34 Å². The van der Waals surface area contributed by atoms with Crippen molar-refractivity contribution in [2.75, 3.05) is 6.26 Å². The highest BCUT2D eigenvalue weighted by Crippen LogP contribution is 2.35. The molecule has 0 atom stereocenters. The molecule has 2 aliphatic rings. The lowest BCUT2D eigenvalue weighted by Gasteiger charge is -1.97. The van der Waals surface area contributed by atoms with Crippen LogP contribution in [0.15, 0.2) is 34.8 Å². The van der Waals surface area contributed by atoms with Crippen LogP contribution in [0, 0.1) is 0 Å². The van der Waals surface area contributed by atoms with E-state index in [1.807, 2.05) is 30.7 Å². The topological polar surface area (TPSA) is 25.8 Å². The Hall–Kier alpha value is -1.13. The summed E-state index contributed by atoms with van der Waals surface area (Å²) >= 11 is 3.31. The predicted molar refractivity (Wildman–Crippen MR) is 65.8 cm³/mol. The molecule has 0 aromatic heterocycles. The van der Waals surface area contributed by atoms with Crippen LogP contribution >= 0.6 is 23.1 Å². The predicted octanol–water partition coefficient (Wildman–Crippen LogP) is 3.52. The Morgan fingerprint density at radius 3 is 3.00 bits per heavy atom. The second kappa shape index (κ2) is 3.47. The van der Waals surface area contributed by atoms with Crippen molar-refractivity contribution >= 4 is 34.0 Å². The largest absolute Gasteiger partial charge is 0.238 e. The maximum Gasteiger partial charge on any atom is 0.151 e. The van der Waals surface area contributed by atoms with Crippen molar-refractivity contribution < 1.29 is 0 Å². The van der Waals surface area contributed by atoms with Gasteiger partial charge in [-0.15, -0.1) is 0 Å². The van der Waals surface area contributed by atoms with Crippen molar-refractivity contribution in [3.8, 4) is 10.6 Å². The SMILES string of the molecule is CSc1ncc2c3ccccc3nc-2s1. The molecular formula is C11H8N2S2. The van der Waals surface area contributed by atoms with E-state index in [9.17, 15) is 0 Å². The number of hydrogen-bond donors (Lipinski definition) is 0. The van der Waals surface area contributed by atoms with E-state index in [1.165, 1.54) is 5.39 Å². The molecule has 3 rings (SSSR count). The third kappa shape index (κ3) is 1.41. The van der Waals surface area contributed by atoms with Crippen LogP contribution in [0.1, 0.15) is 0 Å². The molecule has 0 fully saturated rings. The Morgan fingerprint density at radius 1 is 1.27 bits per heavy atom. The van der Waals surface area contributed by atoms with Gasteiger partial charge in [0.25, 0.3) is 0 Å². The van der Waals surface area contributed by atoms with Crippen molar-refractivity contribution in [1.82, 2.24) is 9.97 Å². The first-order valence-electron chi connectivity index (χ1n) is 4.57. The van der Waals surface area contributed by atoms with Gasteiger partial charge in [-0.25, -0.2) is 9.97 Å². The van der Waals surface area contributed by atoms with E-state index in [2.05, 4.69) is 16.0 Å². The molecule has 0 unspecified atom stereocenters. The highest BCUT2D eigenvalue weighted by Gasteiger charge is 2.12. The molecule has 2 aliphatic heterocycles. The van der Waals surface area contributed by atoms with Gasteiger partial charge in [-0.05, 0) is 12.3 Å². The number of para-hydroxylation sites is 1. The highest BCUT2D eigenvalue weighted by atomic mass is 32.2. The van der Waals surface area contributed by atoms with Gasteiger partial charge in [0.05, 0.1) is 5.52 Å². The van der Waals surface area contributed by atoms with Gasteiger partial charge in [0.2, 0.25) is 0 Å². The monoisotopic (exact) mass is 232 g/mol. The summed E-state index contributed by atoms with van der Waals surface area (Å²) in [5, 5.41) is 2.28. The molecule has 1 aromatic rings. The number of rotatable bonds is 1. The lowest BCUT2D eigenvalue weighted by atomic mass is 10.2. The zero-order chi connectivity index (χ0) is 10.3. The molecule has 15 heavy (non-hydrogen) atoms. The quantitative estimate of drug-likeness (QED) is 0.600. The van der Waals surface area contributed by atoms with Crippen LogP contribution in [0.25, 0.3) is 21.5 Å². The number of benzene rings is 1. The molecule has 0 spiro atoms. The summed E-state index contributed by atoms with van der Waals surface area (Å²) < 4.78 is 1.06. The molecule has 1 aromatic carbocycles. The van der Waals surface area contributed by atoms with Gasteiger partial charge in [-0.1, -0.05) is 41.3 Å². The number of aromatic nitrogens is 2. The Bertz CT molecular complexity index is 588. The zero-order valence-corrected chi connectivity index (χ0v) is 9.73. The molecule has 0 amide bonds. The van der Waals surface area contributed by atoms with Gasteiger partial charge >= 0.3 is 0 Å². The first-order valence-corrected chi connectivity index (χ1v) is 6.61. The summed E-state index contributed by atoms with van der Waals surface area (Å²) in [5.41, 5.74) is 2.22. The van der Waals surface area contributed by atoms with Crippen molar-refractivity contribution in [3.05, 3.63) is 30.5 Å². The molecule has 74 valence electrons. The van der Waals surface area contributed by atoms with Gasteiger partial charge in [-0.2, -0.15) is 0 Å². The first-order chi connectivity index (χ1) is 7.38. The third-order valence-corrected chi connectivity index (χ3v) is 4.29. The third-order valence-electron chi connectivity index (χ3n) is 2.30. The van der Waals surface area contributed by atoms with Crippen molar-refractivity contribution in [1.29, 1.82) is 0 Å². The molecule has 2 nitrogen and oxygen atoms in total. The maximum absolute atomic E-state index is 4.59. The van der Waals surface area contributed by atoms with Gasteiger partial charge in [0, 0.05) is 17.1 Å². The van der Waals surface area contributed by atoms with E-state index in [-0.39, 0.29) is 0 Å². The Labute approximate surface area is 95.7 Å². The minimum atomic E-state index is 1.06. The molecular weight excluding hydrogens is 224 g/mol. The zero-order valence-electron chi connectivity index (χ0n) is 8.10. The average Bonchev–Trinajstić information content (AvgIpc) is 2.66. The normalized spacial score (nSPS) is 11.3. The van der Waals surface area contributed by atoms with Crippen molar-refractivity contribution in [2.45, 2.75) is 4.34 Å². The first kappa shape index (κ1) is 9.12. The van der Waals surface area contributed by atoms with E-state index >= 15 is 0 Å². The number of thioether (sulfide) groups is 1. The Morgan fingerprint density at radius 2 is 2.13 bits per heavy atom. The molecule has 0 aliphatic carbocycles. The summed E-state index contributed by atoms with van der Waals surface area (Å²) in [6.07, 6.45) is 3.96. The second-order valence-electron chi connectivity index (χ2n) is 3.18. The van der Waals surface area contributed by atoms with Crippen LogP contribution in [0.2, 0.25) is 0 Å². The molecule has 0 bridgehead atoms. The van der Waals surface area contributed by atoms with Gasteiger partial charge in [-0.3, -0.25) is 0 Å². The smallest absolute Gasteiger partial charge is 0.151 e. The summed E-state index contributed by atoms with van der Waals surface area (Å²) in [4.78, 5) is 8.98.